The lowest BCUT2D eigenvalue weighted by Gasteiger charge is -2.07. The maximum Gasteiger partial charge on any atom is 0.269 e. The van der Waals surface area contributed by atoms with Gasteiger partial charge in [-0.05, 0) is 30.7 Å². The number of aryl methyl sites for hydroxylation is 1. The Morgan fingerprint density at radius 1 is 1.21 bits per heavy atom. The first-order valence-electron chi connectivity index (χ1n) is 7.42. The van der Waals surface area contributed by atoms with Crippen LogP contribution in [0.2, 0.25) is 0 Å². The summed E-state index contributed by atoms with van der Waals surface area (Å²) < 4.78 is 5.24. The van der Waals surface area contributed by atoms with Crippen LogP contribution in [-0.2, 0) is 0 Å². The molecule has 2 aromatic carbocycles. The van der Waals surface area contributed by atoms with Crippen LogP contribution < -0.4 is 10.5 Å². The molecule has 2 aromatic heterocycles. The Morgan fingerprint density at radius 2 is 2.00 bits per heavy atom. The van der Waals surface area contributed by atoms with Crippen LogP contribution in [0.15, 0.2) is 30.3 Å². The summed E-state index contributed by atoms with van der Waals surface area (Å²) in [5.74, 6) is 0.126. The van der Waals surface area contributed by atoms with Crippen molar-refractivity contribution >= 4 is 38.6 Å². The van der Waals surface area contributed by atoms with Crippen LogP contribution in [0.1, 0.15) is 16.1 Å². The van der Waals surface area contributed by atoms with Crippen LogP contribution in [0, 0.1) is 6.92 Å². The molecule has 24 heavy (non-hydrogen) atoms. The van der Waals surface area contributed by atoms with Gasteiger partial charge < -0.3 is 20.6 Å². The Balaban J connectivity index is 2.33. The molecule has 2 heterocycles. The van der Waals surface area contributed by atoms with E-state index in [0.717, 1.165) is 21.7 Å². The minimum Gasteiger partial charge on any atom is -0.506 e. The van der Waals surface area contributed by atoms with Crippen molar-refractivity contribution < 1.29 is 14.6 Å². The number of nitrogens with two attached hydrogens (primary N) is 1. The van der Waals surface area contributed by atoms with Gasteiger partial charge in [-0.15, -0.1) is 0 Å². The number of carbonyl (C=O) groups is 1. The number of phenols is 1. The van der Waals surface area contributed by atoms with Crippen molar-refractivity contribution in [3.8, 4) is 11.5 Å². The SMILES string of the molecule is COc1ccc2c(c1)nc(C(N)=O)c1[nH]c3c(O)ccc(C)c3c12. The zero-order chi connectivity index (χ0) is 17.0. The highest BCUT2D eigenvalue weighted by Crippen LogP contribution is 2.38. The quantitative estimate of drug-likeness (QED) is 0.528. The predicted octanol–water partition coefficient (Wildman–Crippen LogP) is 2.99. The number of nitrogens with zero attached hydrogens (tertiary/aromatic N) is 1. The molecule has 0 spiro atoms. The molecule has 0 saturated carbocycles. The van der Waals surface area contributed by atoms with Gasteiger partial charge in [-0.25, -0.2) is 4.98 Å². The van der Waals surface area contributed by atoms with Gasteiger partial charge in [0.25, 0.3) is 5.91 Å². The van der Waals surface area contributed by atoms with Crippen LogP contribution in [0.5, 0.6) is 11.5 Å². The van der Waals surface area contributed by atoms with E-state index in [0.29, 0.717) is 22.3 Å². The van der Waals surface area contributed by atoms with E-state index in [9.17, 15) is 9.90 Å². The Morgan fingerprint density at radius 3 is 2.71 bits per heavy atom. The number of hydrogen-bond acceptors (Lipinski definition) is 4. The summed E-state index contributed by atoms with van der Waals surface area (Å²) in [6, 6.07) is 8.95. The van der Waals surface area contributed by atoms with Crippen molar-refractivity contribution in [2.75, 3.05) is 7.11 Å². The topological polar surface area (TPSA) is 101 Å². The van der Waals surface area contributed by atoms with Crippen LogP contribution >= 0.6 is 0 Å². The first kappa shape index (κ1) is 14.3. The van der Waals surface area contributed by atoms with Crippen molar-refractivity contribution in [3.63, 3.8) is 0 Å². The Kier molecular flexibility index (Phi) is 2.90. The van der Waals surface area contributed by atoms with Gasteiger partial charge in [0.05, 0.1) is 23.7 Å². The molecule has 0 bridgehead atoms. The van der Waals surface area contributed by atoms with Gasteiger partial charge in [-0.1, -0.05) is 6.07 Å². The lowest BCUT2D eigenvalue weighted by molar-refractivity contribution is 0.0997. The third kappa shape index (κ3) is 1.83. The molecule has 0 radical (unpaired) electrons. The van der Waals surface area contributed by atoms with Gasteiger partial charge in [0.1, 0.15) is 11.5 Å². The van der Waals surface area contributed by atoms with Gasteiger partial charge in [0, 0.05) is 22.2 Å². The first-order valence-corrected chi connectivity index (χ1v) is 7.42. The molecule has 0 aliphatic carbocycles. The van der Waals surface area contributed by atoms with Crippen molar-refractivity contribution in [3.05, 3.63) is 41.6 Å². The molecule has 6 nitrogen and oxygen atoms in total. The summed E-state index contributed by atoms with van der Waals surface area (Å²) >= 11 is 0. The van der Waals surface area contributed by atoms with Crippen LogP contribution in [0.25, 0.3) is 32.7 Å². The summed E-state index contributed by atoms with van der Waals surface area (Å²) in [6.07, 6.45) is 0. The third-order valence-corrected chi connectivity index (χ3v) is 4.32. The molecule has 6 heteroatoms. The van der Waals surface area contributed by atoms with Crippen LogP contribution in [0.4, 0.5) is 0 Å². The van der Waals surface area contributed by atoms with E-state index in [1.165, 1.54) is 0 Å². The number of H-pyrrole nitrogens is 1. The fourth-order valence-corrected chi connectivity index (χ4v) is 3.20. The number of pyridine rings is 1. The summed E-state index contributed by atoms with van der Waals surface area (Å²) in [5.41, 5.74) is 8.35. The largest absolute Gasteiger partial charge is 0.506 e. The second-order valence-electron chi connectivity index (χ2n) is 5.73. The number of aromatic hydroxyl groups is 1. The highest BCUT2D eigenvalue weighted by molar-refractivity contribution is 6.25. The van der Waals surface area contributed by atoms with Gasteiger partial charge in [-0.2, -0.15) is 0 Å². The number of amides is 1. The molecule has 120 valence electrons. The van der Waals surface area contributed by atoms with Gasteiger partial charge >= 0.3 is 0 Å². The molecule has 4 rings (SSSR count). The summed E-state index contributed by atoms with van der Waals surface area (Å²) in [7, 11) is 1.57. The lowest BCUT2D eigenvalue weighted by atomic mass is 10.0. The zero-order valence-corrected chi connectivity index (χ0v) is 13.2. The number of carbonyl (C=O) groups excluding carboxylic acids is 1. The lowest BCUT2D eigenvalue weighted by Crippen LogP contribution is -2.13. The minimum absolute atomic E-state index is 0.115. The average Bonchev–Trinajstić information content (AvgIpc) is 2.98. The number of primary amides is 1. The zero-order valence-electron chi connectivity index (χ0n) is 13.2. The molecular formula is C18H15N3O3. The van der Waals surface area contributed by atoms with E-state index in [2.05, 4.69) is 9.97 Å². The Hall–Kier alpha value is -3.28. The second-order valence-corrected chi connectivity index (χ2v) is 5.73. The van der Waals surface area contributed by atoms with E-state index >= 15 is 0 Å². The number of methoxy groups -OCH3 is 1. The van der Waals surface area contributed by atoms with E-state index in [-0.39, 0.29) is 11.4 Å². The molecular weight excluding hydrogens is 306 g/mol. The minimum atomic E-state index is -0.631. The molecule has 1 amide bonds. The molecule has 0 aliphatic heterocycles. The number of ether oxygens (including phenoxy) is 1. The molecule has 0 aliphatic rings. The summed E-state index contributed by atoms with van der Waals surface area (Å²) in [6.45, 7) is 1.95. The number of nitrogens with one attached hydrogen (secondary N) is 1. The maximum atomic E-state index is 11.9. The van der Waals surface area contributed by atoms with E-state index in [1.807, 2.05) is 25.1 Å². The molecule has 4 aromatic rings. The fraction of sp³-hybridized carbons (Fsp3) is 0.111. The van der Waals surface area contributed by atoms with Gasteiger partial charge in [0.15, 0.2) is 5.69 Å². The van der Waals surface area contributed by atoms with Crippen LogP contribution in [-0.4, -0.2) is 28.1 Å². The number of phenolic OH excluding ortho intramolecular Hbond substituents is 1. The summed E-state index contributed by atoms with van der Waals surface area (Å²) in [4.78, 5) is 19.4. The highest BCUT2D eigenvalue weighted by atomic mass is 16.5. The van der Waals surface area contributed by atoms with Crippen molar-refractivity contribution in [2.24, 2.45) is 5.73 Å². The van der Waals surface area contributed by atoms with E-state index < -0.39 is 5.91 Å². The average molecular weight is 321 g/mol. The Labute approximate surface area is 136 Å². The normalized spacial score (nSPS) is 11.4. The maximum absolute atomic E-state index is 11.9. The molecule has 0 saturated heterocycles. The van der Waals surface area contributed by atoms with Crippen molar-refractivity contribution in [1.82, 2.24) is 9.97 Å². The number of aromatic amines is 1. The number of rotatable bonds is 2. The third-order valence-electron chi connectivity index (χ3n) is 4.32. The highest BCUT2D eigenvalue weighted by Gasteiger charge is 2.19. The van der Waals surface area contributed by atoms with Crippen molar-refractivity contribution in [2.45, 2.75) is 6.92 Å². The van der Waals surface area contributed by atoms with Gasteiger partial charge in [0.2, 0.25) is 0 Å². The monoisotopic (exact) mass is 321 g/mol. The van der Waals surface area contributed by atoms with Gasteiger partial charge in [-0.3, -0.25) is 4.79 Å². The smallest absolute Gasteiger partial charge is 0.269 e. The molecule has 0 atom stereocenters. The number of fused-ring (bicyclic) bond motifs is 5. The van der Waals surface area contributed by atoms with Crippen LogP contribution in [0.3, 0.4) is 0 Å². The number of benzene rings is 2. The predicted molar refractivity (Wildman–Crippen MR) is 92.6 cm³/mol. The van der Waals surface area contributed by atoms with Crippen molar-refractivity contribution in [1.29, 1.82) is 0 Å². The first-order chi connectivity index (χ1) is 11.5. The fourth-order valence-electron chi connectivity index (χ4n) is 3.20. The molecule has 4 N–H and O–H groups in total. The van der Waals surface area contributed by atoms with E-state index in [4.69, 9.17) is 10.5 Å². The molecule has 0 fully saturated rings. The standard InChI is InChI=1S/C18H15N3O3/c1-8-3-6-12(22)15-13(8)14-10-5-4-9(24-2)7-11(10)20-17(18(19)23)16(14)21-15/h3-7,21-22H,1-2H3,(H2,19,23). The second kappa shape index (κ2) is 4.86. The Bertz CT molecular complexity index is 1150. The molecule has 0 unspecified atom stereocenters. The van der Waals surface area contributed by atoms with E-state index in [1.54, 1.807) is 19.2 Å². The number of aromatic nitrogens is 2. The summed E-state index contributed by atoms with van der Waals surface area (Å²) in [5, 5.41) is 12.7. The number of hydrogen-bond donors (Lipinski definition) is 3.